The predicted octanol–water partition coefficient (Wildman–Crippen LogP) is 3.94. The number of rotatable bonds is 4. The van der Waals surface area contributed by atoms with Gasteiger partial charge in [-0.3, -0.25) is 10.1 Å². The Morgan fingerprint density at radius 2 is 2.08 bits per heavy atom. The van der Waals surface area contributed by atoms with Gasteiger partial charge in [0.15, 0.2) is 0 Å². The molecule has 0 unspecified atom stereocenters. The molecular formula is C18H14N4O2. The number of anilines is 1. The van der Waals surface area contributed by atoms with Gasteiger partial charge in [0.05, 0.1) is 22.1 Å². The lowest BCUT2D eigenvalue weighted by Gasteiger charge is -2.09. The zero-order valence-corrected chi connectivity index (χ0v) is 13.0. The molecule has 118 valence electrons. The molecule has 3 aromatic rings. The van der Waals surface area contributed by atoms with Gasteiger partial charge in [-0.1, -0.05) is 29.8 Å². The molecule has 1 heterocycles. The number of nitrogens with one attached hydrogen (secondary N) is 1. The van der Waals surface area contributed by atoms with E-state index in [0.29, 0.717) is 28.8 Å². The Hall–Kier alpha value is -3.46. The molecule has 1 aromatic heterocycles. The summed E-state index contributed by atoms with van der Waals surface area (Å²) in [6.07, 6.45) is 0. The molecule has 0 fully saturated rings. The van der Waals surface area contributed by atoms with Gasteiger partial charge in [0.2, 0.25) is 0 Å². The summed E-state index contributed by atoms with van der Waals surface area (Å²) in [6.45, 7) is 2.61. The zero-order valence-electron chi connectivity index (χ0n) is 13.0. The van der Waals surface area contributed by atoms with Crippen molar-refractivity contribution in [1.82, 2.24) is 4.98 Å². The minimum absolute atomic E-state index is 0.0544. The molecule has 0 spiro atoms. The number of hydrogen-bond donors (Lipinski definition) is 1. The Balaban J connectivity index is 1.93. The average Bonchev–Trinajstić information content (AvgIpc) is 2.58. The maximum absolute atomic E-state index is 10.9. The van der Waals surface area contributed by atoms with Crippen LogP contribution in [0.25, 0.3) is 10.9 Å². The Kier molecular flexibility index (Phi) is 4.08. The van der Waals surface area contributed by atoms with Crippen molar-refractivity contribution in [2.45, 2.75) is 13.5 Å². The SMILES string of the molecule is Cc1cccc(CNc2cc(C#N)c3cc([N+](=O)[O-])ccc3n2)c1. The van der Waals surface area contributed by atoms with E-state index in [1.807, 2.05) is 25.1 Å². The van der Waals surface area contributed by atoms with Crippen LogP contribution in [0.2, 0.25) is 0 Å². The summed E-state index contributed by atoms with van der Waals surface area (Å²) >= 11 is 0. The molecule has 0 saturated carbocycles. The fraction of sp³-hybridized carbons (Fsp3) is 0.111. The molecule has 0 saturated heterocycles. The van der Waals surface area contributed by atoms with Crippen LogP contribution in [0.1, 0.15) is 16.7 Å². The number of fused-ring (bicyclic) bond motifs is 1. The average molecular weight is 318 g/mol. The summed E-state index contributed by atoms with van der Waals surface area (Å²) in [7, 11) is 0. The van der Waals surface area contributed by atoms with E-state index in [0.717, 1.165) is 5.56 Å². The number of non-ortho nitro benzene ring substituents is 1. The van der Waals surface area contributed by atoms with Crippen molar-refractivity contribution in [3.63, 3.8) is 0 Å². The van der Waals surface area contributed by atoms with Gasteiger partial charge < -0.3 is 5.32 Å². The van der Waals surface area contributed by atoms with Gasteiger partial charge in [-0.05, 0) is 24.6 Å². The summed E-state index contributed by atoms with van der Waals surface area (Å²) in [6, 6.07) is 16.1. The van der Waals surface area contributed by atoms with E-state index in [9.17, 15) is 15.4 Å². The van der Waals surface area contributed by atoms with E-state index in [1.165, 1.54) is 17.7 Å². The highest BCUT2D eigenvalue weighted by atomic mass is 16.6. The topological polar surface area (TPSA) is 91.8 Å². The molecule has 0 amide bonds. The molecule has 1 N–H and O–H groups in total. The lowest BCUT2D eigenvalue weighted by Crippen LogP contribution is -2.02. The van der Waals surface area contributed by atoms with Gasteiger partial charge in [0.25, 0.3) is 5.69 Å². The lowest BCUT2D eigenvalue weighted by molar-refractivity contribution is -0.384. The maximum Gasteiger partial charge on any atom is 0.270 e. The Morgan fingerprint density at radius 1 is 1.25 bits per heavy atom. The first-order valence-electron chi connectivity index (χ1n) is 7.35. The first kappa shape index (κ1) is 15.4. The number of nitriles is 1. The first-order chi connectivity index (χ1) is 11.6. The fourth-order valence-corrected chi connectivity index (χ4v) is 2.53. The second-order valence-corrected chi connectivity index (χ2v) is 5.47. The summed E-state index contributed by atoms with van der Waals surface area (Å²) < 4.78 is 0. The molecular weight excluding hydrogens is 304 g/mol. The minimum Gasteiger partial charge on any atom is -0.366 e. The van der Waals surface area contributed by atoms with Gasteiger partial charge in [0, 0.05) is 24.1 Å². The number of nitro groups is 1. The van der Waals surface area contributed by atoms with Crippen LogP contribution in [-0.2, 0) is 6.54 Å². The van der Waals surface area contributed by atoms with Gasteiger partial charge in [0.1, 0.15) is 5.82 Å². The van der Waals surface area contributed by atoms with E-state index < -0.39 is 4.92 Å². The third-order valence-corrected chi connectivity index (χ3v) is 3.68. The first-order valence-corrected chi connectivity index (χ1v) is 7.35. The van der Waals surface area contributed by atoms with E-state index in [2.05, 4.69) is 22.4 Å². The monoisotopic (exact) mass is 318 g/mol. The van der Waals surface area contributed by atoms with Crippen LogP contribution in [0.4, 0.5) is 11.5 Å². The van der Waals surface area contributed by atoms with Gasteiger partial charge >= 0.3 is 0 Å². The number of nitro benzene ring substituents is 1. The summed E-state index contributed by atoms with van der Waals surface area (Å²) in [5.41, 5.74) is 3.13. The number of nitrogens with zero attached hydrogens (tertiary/aromatic N) is 3. The fourth-order valence-electron chi connectivity index (χ4n) is 2.53. The summed E-state index contributed by atoms with van der Waals surface area (Å²) in [5.74, 6) is 0.564. The van der Waals surface area contributed by atoms with Crippen molar-refractivity contribution in [3.05, 3.63) is 75.3 Å². The standard InChI is InChI=1S/C18H14N4O2/c1-12-3-2-4-13(7-12)11-20-18-8-14(10-19)16-9-15(22(23)24)5-6-17(16)21-18/h2-9H,11H2,1H3,(H,20,21). The van der Waals surface area contributed by atoms with Crippen LogP contribution >= 0.6 is 0 Å². The lowest BCUT2D eigenvalue weighted by atomic mass is 10.1. The third-order valence-electron chi connectivity index (χ3n) is 3.68. The van der Waals surface area contributed by atoms with E-state index >= 15 is 0 Å². The van der Waals surface area contributed by atoms with Gasteiger partial charge in [-0.2, -0.15) is 5.26 Å². The number of aromatic nitrogens is 1. The smallest absolute Gasteiger partial charge is 0.270 e. The predicted molar refractivity (Wildman–Crippen MR) is 91.6 cm³/mol. The molecule has 6 nitrogen and oxygen atoms in total. The van der Waals surface area contributed by atoms with Crippen molar-refractivity contribution in [3.8, 4) is 6.07 Å². The van der Waals surface area contributed by atoms with Crippen LogP contribution in [0.5, 0.6) is 0 Å². The molecule has 0 aliphatic rings. The highest BCUT2D eigenvalue weighted by molar-refractivity contribution is 5.88. The van der Waals surface area contributed by atoms with Crippen LogP contribution in [0.15, 0.2) is 48.5 Å². The molecule has 24 heavy (non-hydrogen) atoms. The van der Waals surface area contributed by atoms with Crippen molar-refractivity contribution >= 4 is 22.4 Å². The number of hydrogen-bond acceptors (Lipinski definition) is 5. The summed E-state index contributed by atoms with van der Waals surface area (Å²) in [5, 5.41) is 23.9. The maximum atomic E-state index is 10.9. The minimum atomic E-state index is -0.482. The number of pyridine rings is 1. The van der Waals surface area contributed by atoms with Crippen molar-refractivity contribution in [1.29, 1.82) is 5.26 Å². The Morgan fingerprint density at radius 3 is 2.79 bits per heavy atom. The van der Waals surface area contributed by atoms with E-state index in [1.54, 1.807) is 12.1 Å². The molecule has 3 rings (SSSR count). The molecule has 0 bridgehead atoms. The highest BCUT2D eigenvalue weighted by Gasteiger charge is 2.11. The second kappa shape index (κ2) is 6.34. The largest absolute Gasteiger partial charge is 0.366 e. The zero-order chi connectivity index (χ0) is 17.1. The van der Waals surface area contributed by atoms with Gasteiger partial charge in [-0.15, -0.1) is 0 Å². The normalized spacial score (nSPS) is 10.3. The molecule has 0 atom stereocenters. The molecule has 0 aliphatic carbocycles. The number of benzene rings is 2. The summed E-state index contributed by atoms with van der Waals surface area (Å²) in [4.78, 5) is 14.8. The van der Waals surface area contributed by atoms with Crippen LogP contribution < -0.4 is 5.32 Å². The second-order valence-electron chi connectivity index (χ2n) is 5.47. The molecule has 0 radical (unpaired) electrons. The van der Waals surface area contributed by atoms with Crippen LogP contribution in [0.3, 0.4) is 0 Å². The van der Waals surface area contributed by atoms with E-state index in [-0.39, 0.29) is 5.69 Å². The van der Waals surface area contributed by atoms with Gasteiger partial charge in [-0.25, -0.2) is 4.98 Å². The van der Waals surface area contributed by atoms with E-state index in [4.69, 9.17) is 0 Å². The number of aryl methyl sites for hydroxylation is 1. The molecule has 2 aromatic carbocycles. The van der Waals surface area contributed by atoms with Crippen molar-refractivity contribution < 1.29 is 4.92 Å². The Bertz CT molecular complexity index is 976. The highest BCUT2D eigenvalue weighted by Crippen LogP contribution is 2.25. The molecule has 6 heteroatoms. The quantitative estimate of drug-likeness (QED) is 0.581. The Labute approximate surface area is 138 Å². The van der Waals surface area contributed by atoms with Crippen LogP contribution in [0, 0.1) is 28.4 Å². The van der Waals surface area contributed by atoms with Crippen molar-refractivity contribution in [2.24, 2.45) is 0 Å². The third kappa shape index (κ3) is 3.15. The van der Waals surface area contributed by atoms with Crippen molar-refractivity contribution in [2.75, 3.05) is 5.32 Å². The van der Waals surface area contributed by atoms with Crippen LogP contribution in [-0.4, -0.2) is 9.91 Å². The molecule has 0 aliphatic heterocycles.